The van der Waals surface area contributed by atoms with Crippen LogP contribution in [-0.2, 0) is 4.79 Å². The number of hydrogen-bond acceptors (Lipinski definition) is 2. The third-order valence-electron chi connectivity index (χ3n) is 4.14. The maximum Gasteiger partial charge on any atom is 0.227 e. The van der Waals surface area contributed by atoms with Crippen LogP contribution in [-0.4, -0.2) is 36.5 Å². The number of nitrogens with zero attached hydrogens (tertiary/aromatic N) is 1. The van der Waals surface area contributed by atoms with Crippen molar-refractivity contribution in [2.45, 2.75) is 33.2 Å². The maximum absolute atomic E-state index is 12.2. The highest BCUT2D eigenvalue weighted by Gasteiger charge is 2.36. The number of likely N-dealkylation sites (tertiary alicyclic amines) is 1. The first kappa shape index (κ1) is 10.9. The van der Waals surface area contributed by atoms with Gasteiger partial charge in [-0.2, -0.15) is 0 Å². The van der Waals surface area contributed by atoms with E-state index in [-0.39, 0.29) is 5.92 Å². The number of amides is 1. The Morgan fingerprint density at radius 3 is 2.27 bits per heavy atom. The lowest BCUT2D eigenvalue weighted by Gasteiger charge is -2.22. The lowest BCUT2D eigenvalue weighted by atomic mass is 10.0. The molecule has 15 heavy (non-hydrogen) atoms. The quantitative estimate of drug-likeness (QED) is 0.703. The fraction of sp³-hybridized carbons (Fsp3) is 0.917. The lowest BCUT2D eigenvalue weighted by Crippen LogP contribution is -2.39. The van der Waals surface area contributed by atoms with Crippen LogP contribution in [0.3, 0.4) is 0 Å². The molecule has 0 spiro atoms. The van der Waals surface area contributed by atoms with E-state index in [9.17, 15) is 4.79 Å². The molecule has 2 saturated heterocycles. The van der Waals surface area contributed by atoms with E-state index in [1.165, 1.54) is 0 Å². The van der Waals surface area contributed by atoms with Crippen molar-refractivity contribution in [1.82, 2.24) is 10.2 Å². The first-order valence-corrected chi connectivity index (χ1v) is 6.11. The molecule has 2 aliphatic rings. The van der Waals surface area contributed by atoms with Crippen LogP contribution in [0.15, 0.2) is 0 Å². The Bertz CT molecular complexity index is 244. The molecular weight excluding hydrogens is 188 g/mol. The van der Waals surface area contributed by atoms with Crippen LogP contribution in [0.25, 0.3) is 0 Å². The van der Waals surface area contributed by atoms with Crippen LogP contribution in [0, 0.1) is 17.8 Å². The molecule has 0 aromatic heterocycles. The Morgan fingerprint density at radius 1 is 1.20 bits per heavy atom. The molecule has 2 heterocycles. The first-order chi connectivity index (χ1) is 7.09. The summed E-state index contributed by atoms with van der Waals surface area (Å²) in [5.41, 5.74) is 0. The van der Waals surface area contributed by atoms with Gasteiger partial charge in [-0.25, -0.2) is 0 Å². The van der Waals surface area contributed by atoms with Crippen molar-refractivity contribution in [3.63, 3.8) is 0 Å². The topological polar surface area (TPSA) is 32.3 Å². The van der Waals surface area contributed by atoms with Gasteiger partial charge in [-0.05, 0) is 31.7 Å². The van der Waals surface area contributed by atoms with Crippen LogP contribution in [0.5, 0.6) is 0 Å². The zero-order chi connectivity index (χ0) is 11.0. The summed E-state index contributed by atoms with van der Waals surface area (Å²) in [4.78, 5) is 14.3. The molecule has 1 N–H and O–H groups in total. The Labute approximate surface area is 92.2 Å². The molecule has 0 aliphatic carbocycles. The highest BCUT2D eigenvalue weighted by molar-refractivity contribution is 5.80. The molecule has 3 heteroatoms. The predicted octanol–water partition coefficient (Wildman–Crippen LogP) is 1.10. The van der Waals surface area contributed by atoms with Gasteiger partial charge in [0.05, 0.1) is 5.92 Å². The highest BCUT2D eigenvalue weighted by Crippen LogP contribution is 2.26. The van der Waals surface area contributed by atoms with Crippen molar-refractivity contribution in [2.24, 2.45) is 17.8 Å². The molecule has 0 aromatic rings. The molecule has 2 fully saturated rings. The Kier molecular flexibility index (Phi) is 3.01. The summed E-state index contributed by atoms with van der Waals surface area (Å²) in [7, 11) is 0. The number of carbonyl (C=O) groups excluding carboxylic acids is 1. The van der Waals surface area contributed by atoms with Crippen LogP contribution < -0.4 is 5.32 Å². The molecular formula is C12H22N2O. The van der Waals surface area contributed by atoms with Gasteiger partial charge in [0.1, 0.15) is 0 Å². The Balaban J connectivity index is 1.97. The zero-order valence-electron chi connectivity index (χ0n) is 9.99. The van der Waals surface area contributed by atoms with Gasteiger partial charge in [-0.3, -0.25) is 4.79 Å². The van der Waals surface area contributed by atoms with E-state index in [1.54, 1.807) is 0 Å². The standard InChI is InChI=1S/C12H22N2O/c1-8-6-14(7-9(8)2)12(15)11-4-5-13-10(11)3/h8-11,13H,4-7H2,1-3H3. The minimum absolute atomic E-state index is 0.225. The second-order valence-electron chi connectivity index (χ2n) is 5.34. The zero-order valence-corrected chi connectivity index (χ0v) is 9.99. The minimum Gasteiger partial charge on any atom is -0.342 e. The fourth-order valence-corrected chi connectivity index (χ4v) is 2.74. The van der Waals surface area contributed by atoms with Crippen LogP contribution >= 0.6 is 0 Å². The Hall–Kier alpha value is -0.570. The summed E-state index contributed by atoms with van der Waals surface area (Å²) in [5, 5.41) is 3.35. The Morgan fingerprint density at radius 2 is 1.80 bits per heavy atom. The summed E-state index contributed by atoms with van der Waals surface area (Å²) >= 11 is 0. The summed E-state index contributed by atoms with van der Waals surface area (Å²) in [6, 6.07) is 0.365. The summed E-state index contributed by atoms with van der Waals surface area (Å²) in [5.74, 6) is 1.93. The van der Waals surface area contributed by atoms with Crippen molar-refractivity contribution in [3.05, 3.63) is 0 Å². The van der Waals surface area contributed by atoms with E-state index in [0.717, 1.165) is 26.1 Å². The number of nitrogens with one attached hydrogen (secondary N) is 1. The van der Waals surface area contributed by atoms with Gasteiger partial charge in [-0.15, -0.1) is 0 Å². The second kappa shape index (κ2) is 4.12. The molecule has 2 rings (SSSR count). The van der Waals surface area contributed by atoms with E-state index in [2.05, 4.69) is 31.0 Å². The van der Waals surface area contributed by atoms with Crippen LogP contribution in [0.2, 0.25) is 0 Å². The molecule has 4 unspecified atom stereocenters. The SMILES string of the molecule is CC1CN(C(=O)C2CCNC2C)CC1C. The number of carbonyl (C=O) groups is 1. The summed E-state index contributed by atoms with van der Waals surface area (Å²) in [6.45, 7) is 9.53. The van der Waals surface area contributed by atoms with Gasteiger partial charge in [0.15, 0.2) is 0 Å². The smallest absolute Gasteiger partial charge is 0.227 e. The first-order valence-electron chi connectivity index (χ1n) is 6.11. The summed E-state index contributed by atoms with van der Waals surface area (Å²) < 4.78 is 0. The summed E-state index contributed by atoms with van der Waals surface area (Å²) in [6.07, 6.45) is 1.01. The van der Waals surface area contributed by atoms with Crippen molar-refractivity contribution in [2.75, 3.05) is 19.6 Å². The van der Waals surface area contributed by atoms with E-state index in [4.69, 9.17) is 0 Å². The normalized spacial score (nSPS) is 41.1. The predicted molar refractivity (Wildman–Crippen MR) is 60.5 cm³/mol. The van der Waals surface area contributed by atoms with E-state index in [1.807, 2.05) is 0 Å². The lowest BCUT2D eigenvalue weighted by molar-refractivity contribution is -0.134. The van der Waals surface area contributed by atoms with Gasteiger partial charge >= 0.3 is 0 Å². The molecule has 4 atom stereocenters. The van der Waals surface area contributed by atoms with Crippen molar-refractivity contribution >= 4 is 5.91 Å². The van der Waals surface area contributed by atoms with Crippen molar-refractivity contribution < 1.29 is 4.79 Å². The number of rotatable bonds is 1. The molecule has 3 nitrogen and oxygen atoms in total. The van der Waals surface area contributed by atoms with Crippen molar-refractivity contribution in [3.8, 4) is 0 Å². The number of hydrogen-bond donors (Lipinski definition) is 1. The van der Waals surface area contributed by atoms with Crippen LogP contribution in [0.1, 0.15) is 27.2 Å². The van der Waals surface area contributed by atoms with Gasteiger partial charge in [0, 0.05) is 19.1 Å². The largest absolute Gasteiger partial charge is 0.342 e. The van der Waals surface area contributed by atoms with Gasteiger partial charge < -0.3 is 10.2 Å². The van der Waals surface area contributed by atoms with Gasteiger partial charge in [0.25, 0.3) is 0 Å². The molecule has 2 aliphatic heterocycles. The molecule has 86 valence electrons. The van der Waals surface area contributed by atoms with Gasteiger partial charge in [0.2, 0.25) is 5.91 Å². The monoisotopic (exact) mass is 210 g/mol. The van der Waals surface area contributed by atoms with E-state index < -0.39 is 0 Å². The maximum atomic E-state index is 12.2. The van der Waals surface area contributed by atoms with Gasteiger partial charge in [-0.1, -0.05) is 13.8 Å². The molecule has 0 bridgehead atoms. The average molecular weight is 210 g/mol. The molecule has 0 saturated carbocycles. The highest BCUT2D eigenvalue weighted by atomic mass is 16.2. The van der Waals surface area contributed by atoms with E-state index in [0.29, 0.717) is 23.8 Å². The second-order valence-corrected chi connectivity index (χ2v) is 5.34. The third kappa shape index (κ3) is 2.03. The van der Waals surface area contributed by atoms with E-state index >= 15 is 0 Å². The third-order valence-corrected chi connectivity index (χ3v) is 4.14. The van der Waals surface area contributed by atoms with Crippen molar-refractivity contribution in [1.29, 1.82) is 0 Å². The molecule has 0 radical (unpaired) electrons. The molecule has 1 amide bonds. The minimum atomic E-state index is 0.225. The average Bonchev–Trinajstić information content (AvgIpc) is 2.74. The fourth-order valence-electron chi connectivity index (χ4n) is 2.74. The molecule has 0 aromatic carbocycles. The van der Waals surface area contributed by atoms with Crippen LogP contribution in [0.4, 0.5) is 0 Å².